The van der Waals surface area contributed by atoms with Crippen molar-refractivity contribution in [2.24, 2.45) is 0 Å². The second-order valence-electron chi connectivity index (χ2n) is 2.80. The number of hydrogen-bond acceptors (Lipinski definition) is 0. The van der Waals surface area contributed by atoms with Crippen molar-refractivity contribution in [2.45, 2.75) is 6.92 Å². The fraction of sp³-hybridized carbons (Fsp3) is 0.0909. The summed E-state index contributed by atoms with van der Waals surface area (Å²) in [6, 6.07) is 14.8. The zero-order valence-electron chi connectivity index (χ0n) is 8.54. The molecular formula is C11H11Na. The van der Waals surface area contributed by atoms with Crippen molar-refractivity contribution < 1.29 is 31.0 Å². The molecule has 0 fully saturated rings. The molecule has 12 heavy (non-hydrogen) atoms. The second-order valence-corrected chi connectivity index (χ2v) is 2.80. The average molecular weight is 166 g/mol. The standard InChI is InChI=1S/C11H10.Na.H/c1-9-5-4-7-10-6-2-3-8-11(9)10;;/h2-8H,1H3;;/q;+1;-1. The van der Waals surface area contributed by atoms with Crippen molar-refractivity contribution in [3.63, 3.8) is 0 Å². The van der Waals surface area contributed by atoms with Gasteiger partial charge in [0.2, 0.25) is 0 Å². The Hall–Kier alpha value is -0.300. The molecule has 0 aliphatic carbocycles. The first-order valence-electron chi connectivity index (χ1n) is 3.82. The van der Waals surface area contributed by atoms with Crippen molar-refractivity contribution in [3.05, 3.63) is 48.0 Å². The molecule has 0 radical (unpaired) electrons. The summed E-state index contributed by atoms with van der Waals surface area (Å²) in [5, 5.41) is 2.68. The molecule has 0 bridgehead atoms. The molecule has 0 aliphatic heterocycles. The maximum Gasteiger partial charge on any atom is 1.00 e. The van der Waals surface area contributed by atoms with Crippen molar-refractivity contribution >= 4 is 10.8 Å². The van der Waals surface area contributed by atoms with E-state index >= 15 is 0 Å². The smallest absolute Gasteiger partial charge is 1.00 e. The third kappa shape index (κ3) is 1.71. The summed E-state index contributed by atoms with van der Waals surface area (Å²) < 4.78 is 0. The van der Waals surface area contributed by atoms with Gasteiger partial charge >= 0.3 is 29.6 Å². The number of fused-ring (bicyclic) bond motifs is 1. The largest absolute Gasteiger partial charge is 1.00 e. The molecule has 1 heteroatoms. The number of hydrogen-bond donors (Lipinski definition) is 0. The number of aryl methyl sites for hydroxylation is 1. The molecule has 0 aliphatic rings. The van der Waals surface area contributed by atoms with Crippen LogP contribution in [0.15, 0.2) is 42.5 Å². The van der Waals surface area contributed by atoms with Gasteiger partial charge in [0, 0.05) is 0 Å². The predicted molar refractivity (Wildman–Crippen MR) is 49.8 cm³/mol. The minimum Gasteiger partial charge on any atom is -1.00 e. The fourth-order valence-electron chi connectivity index (χ4n) is 1.39. The molecule has 2 aromatic rings. The quantitative estimate of drug-likeness (QED) is 0.493. The van der Waals surface area contributed by atoms with Gasteiger partial charge in [0.05, 0.1) is 0 Å². The predicted octanol–water partition coefficient (Wildman–Crippen LogP) is 0.265. The Bertz CT molecular complexity index is 379. The van der Waals surface area contributed by atoms with E-state index in [1.807, 2.05) is 0 Å². The Morgan fingerprint density at radius 3 is 2.33 bits per heavy atom. The number of benzene rings is 2. The third-order valence-corrected chi connectivity index (χ3v) is 2.01. The van der Waals surface area contributed by atoms with E-state index in [9.17, 15) is 0 Å². The van der Waals surface area contributed by atoms with Gasteiger partial charge in [-0.25, -0.2) is 0 Å². The van der Waals surface area contributed by atoms with Crippen LogP contribution in [0.5, 0.6) is 0 Å². The molecule has 0 spiro atoms. The normalized spacial score (nSPS) is 9.42. The van der Waals surface area contributed by atoms with Crippen LogP contribution in [0.1, 0.15) is 6.99 Å². The van der Waals surface area contributed by atoms with E-state index < -0.39 is 0 Å². The van der Waals surface area contributed by atoms with Crippen molar-refractivity contribution in [3.8, 4) is 0 Å². The molecule has 0 saturated heterocycles. The zero-order chi connectivity index (χ0) is 7.68. The van der Waals surface area contributed by atoms with Crippen LogP contribution >= 0.6 is 0 Å². The van der Waals surface area contributed by atoms with Crippen LogP contribution in [0, 0.1) is 6.92 Å². The zero-order valence-corrected chi connectivity index (χ0v) is 9.54. The second kappa shape index (κ2) is 4.08. The van der Waals surface area contributed by atoms with Gasteiger partial charge in [0.25, 0.3) is 0 Å². The first-order chi connectivity index (χ1) is 5.38. The molecule has 0 saturated carbocycles. The molecule has 0 N–H and O–H groups in total. The van der Waals surface area contributed by atoms with Gasteiger partial charge in [0.1, 0.15) is 0 Å². The Balaban J connectivity index is 0.000000720. The van der Waals surface area contributed by atoms with Crippen LogP contribution in [0.25, 0.3) is 10.8 Å². The Kier molecular flexibility index (Phi) is 3.33. The van der Waals surface area contributed by atoms with Crippen LogP contribution < -0.4 is 29.6 Å². The first-order valence-corrected chi connectivity index (χ1v) is 3.82. The van der Waals surface area contributed by atoms with Gasteiger partial charge < -0.3 is 1.43 Å². The summed E-state index contributed by atoms with van der Waals surface area (Å²) in [5.74, 6) is 0. The van der Waals surface area contributed by atoms with Crippen molar-refractivity contribution in [1.29, 1.82) is 0 Å². The molecular weight excluding hydrogens is 155 g/mol. The van der Waals surface area contributed by atoms with Crippen LogP contribution in [0.3, 0.4) is 0 Å². The van der Waals surface area contributed by atoms with Gasteiger partial charge in [-0.3, -0.25) is 0 Å². The van der Waals surface area contributed by atoms with Crippen molar-refractivity contribution in [1.82, 2.24) is 0 Å². The minimum atomic E-state index is 0. The SMILES string of the molecule is Cc1cccc2ccccc12.[H-].[Na+]. The van der Waals surface area contributed by atoms with Crippen LogP contribution in [0.4, 0.5) is 0 Å². The van der Waals surface area contributed by atoms with Crippen LogP contribution in [-0.2, 0) is 0 Å². The number of rotatable bonds is 0. The van der Waals surface area contributed by atoms with E-state index in [2.05, 4.69) is 49.4 Å². The van der Waals surface area contributed by atoms with E-state index in [1.165, 1.54) is 16.3 Å². The van der Waals surface area contributed by atoms with Gasteiger partial charge in [0.15, 0.2) is 0 Å². The molecule has 2 aromatic carbocycles. The van der Waals surface area contributed by atoms with Crippen LogP contribution in [0.2, 0.25) is 0 Å². The van der Waals surface area contributed by atoms with Gasteiger partial charge in [-0.1, -0.05) is 42.5 Å². The monoisotopic (exact) mass is 166 g/mol. The Labute approximate surface area is 96.4 Å². The average Bonchev–Trinajstić information content (AvgIpc) is 2.06. The molecule has 0 amide bonds. The fourth-order valence-corrected chi connectivity index (χ4v) is 1.39. The van der Waals surface area contributed by atoms with Crippen molar-refractivity contribution in [2.75, 3.05) is 0 Å². The summed E-state index contributed by atoms with van der Waals surface area (Å²) >= 11 is 0. The van der Waals surface area contributed by atoms with E-state index in [4.69, 9.17) is 0 Å². The summed E-state index contributed by atoms with van der Waals surface area (Å²) in [4.78, 5) is 0. The molecule has 0 aromatic heterocycles. The maximum atomic E-state index is 2.16. The van der Waals surface area contributed by atoms with Gasteiger partial charge in [-0.2, -0.15) is 0 Å². The molecule has 0 atom stereocenters. The molecule has 0 heterocycles. The minimum absolute atomic E-state index is 0. The third-order valence-electron chi connectivity index (χ3n) is 2.01. The van der Waals surface area contributed by atoms with E-state index in [1.54, 1.807) is 0 Å². The topological polar surface area (TPSA) is 0 Å². The summed E-state index contributed by atoms with van der Waals surface area (Å²) in [6.45, 7) is 2.14. The first kappa shape index (κ1) is 9.79. The van der Waals surface area contributed by atoms with E-state index in [0.717, 1.165) is 0 Å². The summed E-state index contributed by atoms with van der Waals surface area (Å²) in [5.41, 5.74) is 1.35. The van der Waals surface area contributed by atoms with E-state index in [0.29, 0.717) is 0 Å². The Morgan fingerprint density at radius 1 is 0.917 bits per heavy atom. The van der Waals surface area contributed by atoms with E-state index in [-0.39, 0.29) is 31.0 Å². The molecule has 0 nitrogen and oxygen atoms in total. The van der Waals surface area contributed by atoms with Gasteiger partial charge in [-0.15, -0.1) is 0 Å². The molecule has 0 unspecified atom stereocenters. The molecule has 56 valence electrons. The Morgan fingerprint density at radius 2 is 1.58 bits per heavy atom. The summed E-state index contributed by atoms with van der Waals surface area (Å²) in [6.07, 6.45) is 0. The summed E-state index contributed by atoms with van der Waals surface area (Å²) in [7, 11) is 0. The van der Waals surface area contributed by atoms with Gasteiger partial charge in [-0.05, 0) is 23.3 Å². The molecule has 2 rings (SSSR count). The van der Waals surface area contributed by atoms with Crippen LogP contribution in [-0.4, -0.2) is 0 Å². The maximum absolute atomic E-state index is 2.16.